The van der Waals surface area contributed by atoms with Gasteiger partial charge in [-0.2, -0.15) is 0 Å². The van der Waals surface area contributed by atoms with E-state index in [9.17, 15) is 5.11 Å². The number of aryl methyl sites for hydroxylation is 2. The summed E-state index contributed by atoms with van der Waals surface area (Å²) in [4.78, 5) is 4.34. The molecule has 1 N–H and O–H groups in total. The van der Waals surface area contributed by atoms with Gasteiger partial charge in [0.15, 0.2) is 0 Å². The molecule has 0 saturated heterocycles. The second-order valence-corrected chi connectivity index (χ2v) is 8.71. The molecular formula is C26H31NO2. The van der Waals surface area contributed by atoms with Crippen molar-refractivity contribution in [2.45, 2.75) is 76.9 Å². The number of nitrogens with zero attached hydrogens (tertiary/aromatic N) is 1. The van der Waals surface area contributed by atoms with Crippen LogP contribution in [0.1, 0.15) is 68.3 Å². The third kappa shape index (κ3) is 3.67. The van der Waals surface area contributed by atoms with Crippen LogP contribution in [0, 0.1) is 24.7 Å². The maximum absolute atomic E-state index is 10.9. The van der Waals surface area contributed by atoms with Crippen LogP contribution in [0.15, 0.2) is 36.5 Å². The summed E-state index contributed by atoms with van der Waals surface area (Å²) >= 11 is 0. The molecule has 1 aromatic carbocycles. The first kappa shape index (κ1) is 20.0. The summed E-state index contributed by atoms with van der Waals surface area (Å²) in [7, 11) is 0. The predicted molar refractivity (Wildman–Crippen MR) is 116 cm³/mol. The Balaban J connectivity index is 1.57. The summed E-state index contributed by atoms with van der Waals surface area (Å²) in [5.41, 5.74) is 4.37. The molecule has 152 valence electrons. The molecule has 4 rings (SSSR count). The van der Waals surface area contributed by atoms with Gasteiger partial charge in [0.25, 0.3) is 0 Å². The van der Waals surface area contributed by atoms with E-state index in [1.807, 2.05) is 26.1 Å². The maximum Gasteiger partial charge on any atom is 0.125 e. The largest absolute Gasteiger partial charge is 0.489 e. The van der Waals surface area contributed by atoms with Crippen molar-refractivity contribution in [3.8, 4) is 17.6 Å². The highest BCUT2D eigenvalue weighted by atomic mass is 16.5. The number of aliphatic hydroxyl groups is 1. The van der Waals surface area contributed by atoms with Gasteiger partial charge in [-0.05, 0) is 93.0 Å². The molecule has 0 radical (unpaired) electrons. The van der Waals surface area contributed by atoms with Crippen molar-refractivity contribution < 1.29 is 9.84 Å². The maximum atomic E-state index is 10.9. The van der Waals surface area contributed by atoms with Gasteiger partial charge in [0.05, 0.1) is 0 Å². The summed E-state index contributed by atoms with van der Waals surface area (Å²) in [6.07, 6.45) is 7.63. The number of benzene rings is 1. The van der Waals surface area contributed by atoms with Crippen molar-refractivity contribution >= 4 is 0 Å². The molecule has 2 aliphatic rings. The van der Waals surface area contributed by atoms with E-state index in [4.69, 9.17) is 4.74 Å². The molecule has 0 bridgehead atoms. The number of fused-ring (bicyclic) bond motifs is 3. The van der Waals surface area contributed by atoms with E-state index in [1.54, 1.807) is 0 Å². The van der Waals surface area contributed by atoms with E-state index < -0.39 is 5.60 Å². The van der Waals surface area contributed by atoms with E-state index in [2.05, 4.69) is 48.0 Å². The van der Waals surface area contributed by atoms with Crippen LogP contribution in [0.3, 0.4) is 0 Å². The Bertz CT molecular complexity index is 957. The summed E-state index contributed by atoms with van der Waals surface area (Å²) in [5, 5.41) is 10.9. The van der Waals surface area contributed by atoms with Crippen molar-refractivity contribution in [3.05, 3.63) is 58.9 Å². The smallest absolute Gasteiger partial charge is 0.125 e. The van der Waals surface area contributed by atoms with Gasteiger partial charge in [0.1, 0.15) is 18.0 Å². The third-order valence-corrected chi connectivity index (χ3v) is 7.22. The van der Waals surface area contributed by atoms with Crippen molar-refractivity contribution in [1.29, 1.82) is 0 Å². The van der Waals surface area contributed by atoms with E-state index in [-0.39, 0.29) is 5.41 Å². The number of ether oxygens (including phenoxy) is 1. The lowest BCUT2D eigenvalue weighted by Gasteiger charge is -2.52. The molecule has 1 heterocycles. The fourth-order valence-electron chi connectivity index (χ4n) is 5.59. The molecule has 3 heteroatoms. The van der Waals surface area contributed by atoms with Crippen molar-refractivity contribution in [2.75, 3.05) is 0 Å². The first-order valence-electron chi connectivity index (χ1n) is 10.8. The van der Waals surface area contributed by atoms with Crippen LogP contribution in [0.2, 0.25) is 0 Å². The number of aromatic nitrogens is 1. The van der Waals surface area contributed by atoms with Gasteiger partial charge in [-0.15, -0.1) is 5.92 Å². The van der Waals surface area contributed by atoms with Gasteiger partial charge in [-0.25, -0.2) is 0 Å². The molecule has 1 fully saturated rings. The first-order chi connectivity index (χ1) is 14.0. The summed E-state index contributed by atoms with van der Waals surface area (Å²) < 4.78 is 6.11. The number of hydrogen-bond acceptors (Lipinski definition) is 3. The predicted octanol–water partition coefficient (Wildman–Crippen LogP) is 5.12. The summed E-state index contributed by atoms with van der Waals surface area (Å²) in [5.74, 6) is 7.45. The molecule has 0 spiro atoms. The van der Waals surface area contributed by atoms with E-state index in [1.165, 1.54) is 11.1 Å². The second kappa shape index (κ2) is 7.84. The Labute approximate surface area is 174 Å². The lowest BCUT2D eigenvalue weighted by Crippen LogP contribution is -2.49. The Morgan fingerprint density at radius 2 is 2.14 bits per heavy atom. The lowest BCUT2D eigenvalue weighted by molar-refractivity contribution is -0.00926. The topological polar surface area (TPSA) is 42.4 Å². The minimum Gasteiger partial charge on any atom is -0.489 e. The zero-order chi connectivity index (χ0) is 20.5. The van der Waals surface area contributed by atoms with E-state index in [0.29, 0.717) is 12.5 Å². The second-order valence-electron chi connectivity index (χ2n) is 8.71. The van der Waals surface area contributed by atoms with Gasteiger partial charge in [0, 0.05) is 17.5 Å². The molecule has 3 atom stereocenters. The van der Waals surface area contributed by atoms with Gasteiger partial charge in [-0.1, -0.05) is 25.0 Å². The van der Waals surface area contributed by atoms with Crippen LogP contribution in [-0.2, 0) is 18.4 Å². The van der Waals surface area contributed by atoms with Crippen LogP contribution in [0.4, 0.5) is 0 Å². The van der Waals surface area contributed by atoms with Crippen LogP contribution in [0.5, 0.6) is 5.75 Å². The normalized spacial score (nSPS) is 27.9. The minimum atomic E-state index is -0.805. The highest BCUT2D eigenvalue weighted by Crippen LogP contribution is 2.54. The fourth-order valence-corrected chi connectivity index (χ4v) is 5.59. The molecule has 1 saturated carbocycles. The molecule has 0 aliphatic heterocycles. The quantitative estimate of drug-likeness (QED) is 0.738. The lowest BCUT2D eigenvalue weighted by atomic mass is 9.53. The summed E-state index contributed by atoms with van der Waals surface area (Å²) in [6, 6.07) is 10.7. The first-order valence-corrected chi connectivity index (χ1v) is 10.8. The molecule has 0 unspecified atom stereocenters. The van der Waals surface area contributed by atoms with Crippen molar-refractivity contribution in [1.82, 2.24) is 4.98 Å². The van der Waals surface area contributed by atoms with E-state index >= 15 is 0 Å². The Kier molecular flexibility index (Phi) is 5.40. The van der Waals surface area contributed by atoms with Crippen LogP contribution in [0.25, 0.3) is 0 Å². The standard InChI is InChI=1S/C26H31NO2/c1-4-12-25(28)13-14-26(5-2)22(17-25)9-8-20-16-23(10-11-24(20)26)29-18-21-7-6-15-27-19(21)3/h6-7,10-11,15-16,22,28H,5,8-9,13-14,17-18H2,1-3H3/t22-,25-,26-/m1/s1. The van der Waals surface area contributed by atoms with Gasteiger partial charge >= 0.3 is 0 Å². The molecule has 2 aliphatic carbocycles. The molecule has 29 heavy (non-hydrogen) atoms. The average Bonchev–Trinajstić information content (AvgIpc) is 2.73. The Hall–Kier alpha value is -2.31. The number of rotatable bonds is 4. The average molecular weight is 390 g/mol. The monoisotopic (exact) mass is 389 g/mol. The number of pyridine rings is 1. The van der Waals surface area contributed by atoms with Crippen molar-refractivity contribution in [2.24, 2.45) is 5.92 Å². The highest BCUT2D eigenvalue weighted by Gasteiger charge is 2.50. The third-order valence-electron chi connectivity index (χ3n) is 7.22. The van der Waals surface area contributed by atoms with Crippen LogP contribution in [-0.4, -0.2) is 15.7 Å². The van der Waals surface area contributed by atoms with Gasteiger partial charge in [0.2, 0.25) is 0 Å². The van der Waals surface area contributed by atoms with Gasteiger partial charge < -0.3 is 9.84 Å². The summed E-state index contributed by atoms with van der Waals surface area (Å²) in [6.45, 7) is 6.69. The minimum absolute atomic E-state index is 0.160. The highest BCUT2D eigenvalue weighted by molar-refractivity contribution is 5.44. The fraction of sp³-hybridized carbons (Fsp3) is 0.500. The number of hydrogen-bond donors (Lipinski definition) is 1. The molecule has 2 aromatic rings. The Morgan fingerprint density at radius 1 is 1.28 bits per heavy atom. The van der Waals surface area contributed by atoms with Crippen molar-refractivity contribution in [3.63, 3.8) is 0 Å². The molecule has 0 amide bonds. The zero-order valence-electron chi connectivity index (χ0n) is 17.8. The van der Waals surface area contributed by atoms with Crippen LogP contribution >= 0.6 is 0 Å². The SMILES string of the molecule is CC#C[C@@]1(O)CC[C@@]2(CC)c3ccc(OCc4cccnc4C)cc3CC[C@@H]2C1. The molecule has 3 nitrogen and oxygen atoms in total. The molecular weight excluding hydrogens is 358 g/mol. The zero-order valence-corrected chi connectivity index (χ0v) is 17.8. The Morgan fingerprint density at radius 3 is 2.90 bits per heavy atom. The van der Waals surface area contributed by atoms with E-state index in [0.717, 1.165) is 55.5 Å². The van der Waals surface area contributed by atoms with Gasteiger partial charge in [-0.3, -0.25) is 4.98 Å². The van der Waals surface area contributed by atoms with Crippen LogP contribution < -0.4 is 4.74 Å². The molecule has 1 aromatic heterocycles.